The molecule has 1 atom stereocenters. The maximum atomic E-state index is 8.96. The van der Waals surface area contributed by atoms with Gasteiger partial charge in [-0.3, -0.25) is 0 Å². The van der Waals surface area contributed by atoms with E-state index in [2.05, 4.69) is 22.0 Å². The van der Waals surface area contributed by atoms with Crippen molar-refractivity contribution in [2.75, 3.05) is 18.0 Å². The summed E-state index contributed by atoms with van der Waals surface area (Å²) < 4.78 is 0. The van der Waals surface area contributed by atoms with Crippen molar-refractivity contribution < 1.29 is 5.21 Å². The third-order valence-electron chi connectivity index (χ3n) is 3.85. The zero-order valence-electron chi connectivity index (χ0n) is 11.8. The van der Waals surface area contributed by atoms with Crippen LogP contribution in [0.4, 0.5) is 5.82 Å². The molecule has 1 fully saturated rings. The highest BCUT2D eigenvalue weighted by Gasteiger charge is 2.26. The average molecular weight is 262 g/mol. The first kappa shape index (κ1) is 13.6. The number of aromatic nitrogens is 1. The Hall–Kier alpha value is -1.78. The summed E-state index contributed by atoms with van der Waals surface area (Å²) in [4.78, 5) is 6.86. The molecule has 0 aromatic carbocycles. The van der Waals surface area contributed by atoms with Crippen molar-refractivity contribution in [2.24, 2.45) is 16.8 Å². The molecular formula is C14H22N4O. The van der Waals surface area contributed by atoms with E-state index < -0.39 is 0 Å². The minimum Gasteiger partial charge on any atom is -0.409 e. The minimum absolute atomic E-state index is 0.139. The molecule has 1 unspecified atom stereocenters. The van der Waals surface area contributed by atoms with Crippen LogP contribution in [0, 0.1) is 19.8 Å². The smallest absolute Gasteiger partial charge is 0.174 e. The zero-order valence-corrected chi connectivity index (χ0v) is 11.8. The van der Waals surface area contributed by atoms with Crippen molar-refractivity contribution in [2.45, 2.75) is 33.6 Å². The summed E-state index contributed by atoms with van der Waals surface area (Å²) >= 11 is 0. The van der Waals surface area contributed by atoms with Gasteiger partial charge in [0.2, 0.25) is 0 Å². The van der Waals surface area contributed by atoms with Gasteiger partial charge in [0.25, 0.3) is 0 Å². The molecule has 5 heteroatoms. The molecule has 1 aliphatic heterocycles. The van der Waals surface area contributed by atoms with Gasteiger partial charge in [-0.25, -0.2) is 4.98 Å². The number of pyridine rings is 1. The van der Waals surface area contributed by atoms with Crippen LogP contribution in [-0.4, -0.2) is 29.1 Å². The predicted molar refractivity (Wildman–Crippen MR) is 76.8 cm³/mol. The predicted octanol–water partition coefficient (Wildman–Crippen LogP) is 2.03. The second kappa shape index (κ2) is 5.47. The van der Waals surface area contributed by atoms with Crippen LogP contribution in [0.3, 0.4) is 0 Å². The lowest BCUT2D eigenvalue weighted by molar-refractivity contribution is 0.318. The molecule has 3 N–H and O–H groups in total. The van der Waals surface area contributed by atoms with Crippen LogP contribution < -0.4 is 10.6 Å². The lowest BCUT2D eigenvalue weighted by Gasteiger charge is -2.22. The molecule has 0 amide bonds. The molecule has 0 bridgehead atoms. The van der Waals surface area contributed by atoms with Gasteiger partial charge in [-0.2, -0.15) is 0 Å². The van der Waals surface area contributed by atoms with Gasteiger partial charge in [-0.1, -0.05) is 18.5 Å². The van der Waals surface area contributed by atoms with Crippen molar-refractivity contribution >= 4 is 11.7 Å². The molecule has 5 nitrogen and oxygen atoms in total. The zero-order chi connectivity index (χ0) is 14.0. The minimum atomic E-state index is 0.139. The Morgan fingerprint density at radius 1 is 1.58 bits per heavy atom. The Balaban J connectivity index is 2.44. The van der Waals surface area contributed by atoms with Crippen LogP contribution in [0.1, 0.15) is 36.6 Å². The average Bonchev–Trinajstić information content (AvgIpc) is 2.85. The lowest BCUT2D eigenvalue weighted by atomic mass is 10.1. The molecule has 0 radical (unpaired) electrons. The monoisotopic (exact) mass is 262 g/mol. The van der Waals surface area contributed by atoms with Gasteiger partial charge < -0.3 is 15.8 Å². The van der Waals surface area contributed by atoms with Crippen molar-refractivity contribution in [3.05, 3.63) is 22.9 Å². The van der Waals surface area contributed by atoms with Crippen LogP contribution >= 0.6 is 0 Å². The third kappa shape index (κ3) is 2.64. The normalized spacial score (nSPS) is 20.1. The lowest BCUT2D eigenvalue weighted by Crippen LogP contribution is -2.27. The number of nitrogens with two attached hydrogens (primary N) is 1. The summed E-state index contributed by atoms with van der Waals surface area (Å²) in [5.74, 6) is 1.70. The molecular weight excluding hydrogens is 240 g/mol. The van der Waals surface area contributed by atoms with Crippen LogP contribution in [0.15, 0.2) is 11.2 Å². The van der Waals surface area contributed by atoms with E-state index in [1.54, 1.807) is 0 Å². The van der Waals surface area contributed by atoms with Crippen molar-refractivity contribution in [3.63, 3.8) is 0 Å². The summed E-state index contributed by atoms with van der Waals surface area (Å²) in [6, 6.07) is 1.96. The van der Waals surface area contributed by atoms with Crippen molar-refractivity contribution in [1.29, 1.82) is 0 Å². The molecule has 1 aromatic rings. The fourth-order valence-electron chi connectivity index (χ4n) is 2.77. The third-order valence-corrected chi connectivity index (χ3v) is 3.85. The number of hydrogen-bond acceptors (Lipinski definition) is 4. The summed E-state index contributed by atoms with van der Waals surface area (Å²) in [7, 11) is 0. The Kier molecular flexibility index (Phi) is 3.93. The molecule has 1 aromatic heterocycles. The highest BCUT2D eigenvalue weighted by Crippen LogP contribution is 2.28. The number of oxime groups is 1. The first-order valence-corrected chi connectivity index (χ1v) is 6.77. The van der Waals surface area contributed by atoms with Crippen LogP contribution in [0.5, 0.6) is 0 Å². The topological polar surface area (TPSA) is 74.7 Å². The molecule has 19 heavy (non-hydrogen) atoms. The van der Waals surface area contributed by atoms with Crippen LogP contribution in [-0.2, 0) is 0 Å². The molecule has 0 aliphatic carbocycles. The van der Waals surface area contributed by atoms with Gasteiger partial charge in [0.1, 0.15) is 5.82 Å². The number of rotatable bonds is 3. The highest BCUT2D eigenvalue weighted by atomic mass is 16.4. The highest BCUT2D eigenvalue weighted by molar-refractivity contribution is 6.02. The Morgan fingerprint density at radius 2 is 2.32 bits per heavy atom. The quantitative estimate of drug-likeness (QED) is 0.378. The number of hydrogen-bond donors (Lipinski definition) is 2. The molecule has 2 rings (SSSR count). The largest absolute Gasteiger partial charge is 0.409 e. The van der Waals surface area contributed by atoms with E-state index in [1.165, 1.54) is 12.8 Å². The van der Waals surface area contributed by atoms with Gasteiger partial charge in [0.05, 0.1) is 5.56 Å². The second-order valence-electron chi connectivity index (χ2n) is 5.27. The molecule has 1 aliphatic rings. The van der Waals surface area contributed by atoms with E-state index in [4.69, 9.17) is 10.9 Å². The van der Waals surface area contributed by atoms with Gasteiger partial charge >= 0.3 is 0 Å². The van der Waals surface area contributed by atoms with Crippen molar-refractivity contribution in [1.82, 2.24) is 4.98 Å². The number of nitrogens with zero attached hydrogens (tertiary/aromatic N) is 3. The van der Waals surface area contributed by atoms with Crippen LogP contribution in [0.2, 0.25) is 0 Å². The van der Waals surface area contributed by atoms with E-state index in [-0.39, 0.29) is 5.84 Å². The maximum absolute atomic E-state index is 8.96. The SMILES string of the molecule is CCC1CCN(c2nc(C)cc(C)c2/C(N)=N/O)C1. The van der Waals surface area contributed by atoms with Gasteiger partial charge in [-0.15, -0.1) is 0 Å². The standard InChI is InChI=1S/C14H22N4O/c1-4-11-5-6-18(8-11)14-12(13(15)17-19)9(2)7-10(3)16-14/h7,11,19H,4-6,8H2,1-3H3,(H2,15,17). The maximum Gasteiger partial charge on any atom is 0.174 e. The van der Waals surface area contributed by atoms with Gasteiger partial charge in [0, 0.05) is 18.8 Å². The Morgan fingerprint density at radius 3 is 2.89 bits per heavy atom. The van der Waals surface area contributed by atoms with Gasteiger partial charge in [0.15, 0.2) is 5.84 Å². The van der Waals surface area contributed by atoms with E-state index in [0.717, 1.165) is 35.7 Å². The molecule has 2 heterocycles. The number of aryl methyl sites for hydroxylation is 2. The number of amidine groups is 1. The van der Waals surface area contributed by atoms with Gasteiger partial charge in [-0.05, 0) is 37.8 Å². The van der Waals surface area contributed by atoms with Crippen molar-refractivity contribution in [3.8, 4) is 0 Å². The first-order chi connectivity index (χ1) is 9.06. The van der Waals surface area contributed by atoms with E-state index in [9.17, 15) is 0 Å². The molecule has 104 valence electrons. The summed E-state index contributed by atoms with van der Waals surface area (Å²) in [5, 5.41) is 12.1. The van der Waals surface area contributed by atoms with E-state index in [1.807, 2.05) is 19.9 Å². The first-order valence-electron chi connectivity index (χ1n) is 6.77. The molecule has 1 saturated heterocycles. The summed E-state index contributed by atoms with van der Waals surface area (Å²) in [6.07, 6.45) is 2.36. The summed E-state index contributed by atoms with van der Waals surface area (Å²) in [5.41, 5.74) is 8.53. The van der Waals surface area contributed by atoms with Crippen LogP contribution in [0.25, 0.3) is 0 Å². The van der Waals surface area contributed by atoms with E-state index in [0.29, 0.717) is 5.92 Å². The molecule has 0 saturated carbocycles. The number of anilines is 1. The summed E-state index contributed by atoms with van der Waals surface area (Å²) in [6.45, 7) is 8.14. The Bertz CT molecular complexity index is 498. The second-order valence-corrected chi connectivity index (χ2v) is 5.27. The van der Waals surface area contributed by atoms with E-state index >= 15 is 0 Å². The fourth-order valence-corrected chi connectivity index (χ4v) is 2.77. The molecule has 0 spiro atoms. The fraction of sp³-hybridized carbons (Fsp3) is 0.571. The Labute approximate surface area is 114 Å².